The van der Waals surface area contributed by atoms with Crippen LogP contribution < -0.4 is 5.32 Å². The summed E-state index contributed by atoms with van der Waals surface area (Å²) in [6.07, 6.45) is 7.05. The molecule has 2 fully saturated rings. The monoisotopic (exact) mass is 262 g/mol. The van der Waals surface area contributed by atoms with Gasteiger partial charge >= 0.3 is 0 Å². The summed E-state index contributed by atoms with van der Waals surface area (Å²) in [5.41, 5.74) is 0.599. The first-order valence-electron chi connectivity index (χ1n) is 7.27. The van der Waals surface area contributed by atoms with Crippen LogP contribution in [0.5, 0.6) is 0 Å². The van der Waals surface area contributed by atoms with Crippen LogP contribution in [0.4, 0.5) is 0 Å². The second kappa shape index (κ2) is 5.33. The second-order valence-corrected chi connectivity index (χ2v) is 5.83. The highest BCUT2D eigenvalue weighted by atomic mass is 16.2. The average Bonchev–Trinajstić information content (AvgIpc) is 3.10. The first kappa shape index (κ1) is 12.7. The molecule has 1 aromatic heterocycles. The van der Waals surface area contributed by atoms with Gasteiger partial charge in [0.25, 0.3) is 5.91 Å². The first-order chi connectivity index (χ1) is 9.24. The van der Waals surface area contributed by atoms with Crippen molar-refractivity contribution in [2.75, 3.05) is 26.2 Å². The number of rotatable bonds is 2. The van der Waals surface area contributed by atoms with Crippen molar-refractivity contribution < 1.29 is 4.79 Å². The van der Waals surface area contributed by atoms with E-state index in [1.165, 1.54) is 0 Å². The van der Waals surface area contributed by atoms with E-state index in [-0.39, 0.29) is 5.91 Å². The van der Waals surface area contributed by atoms with Crippen molar-refractivity contribution in [3.8, 4) is 0 Å². The summed E-state index contributed by atoms with van der Waals surface area (Å²) in [4.78, 5) is 18.6. The van der Waals surface area contributed by atoms with Gasteiger partial charge in [-0.15, -0.1) is 0 Å². The second-order valence-electron chi connectivity index (χ2n) is 5.83. The van der Waals surface area contributed by atoms with E-state index in [0.717, 1.165) is 51.4 Å². The van der Waals surface area contributed by atoms with Crippen LogP contribution >= 0.6 is 0 Å². The van der Waals surface area contributed by atoms with E-state index in [0.29, 0.717) is 11.7 Å². The Morgan fingerprint density at radius 1 is 1.37 bits per heavy atom. The Bertz CT molecular complexity index is 442. The summed E-state index contributed by atoms with van der Waals surface area (Å²) in [7, 11) is 0. The largest absolute Gasteiger partial charge is 0.337 e. The lowest BCUT2D eigenvalue weighted by atomic mass is 9.99. The zero-order valence-electron chi connectivity index (χ0n) is 11.5. The highest BCUT2D eigenvalue weighted by molar-refractivity contribution is 5.92. The molecule has 1 N–H and O–H groups in total. The normalized spacial score (nSPS) is 24.9. The Morgan fingerprint density at radius 2 is 2.16 bits per heavy atom. The molecule has 0 saturated carbocycles. The van der Waals surface area contributed by atoms with Gasteiger partial charge in [0.15, 0.2) is 0 Å². The van der Waals surface area contributed by atoms with Gasteiger partial charge in [-0.05, 0) is 31.7 Å². The van der Waals surface area contributed by atoms with E-state index in [2.05, 4.69) is 21.8 Å². The highest BCUT2D eigenvalue weighted by Crippen LogP contribution is 2.19. The predicted octanol–water partition coefficient (Wildman–Crippen LogP) is 1.29. The van der Waals surface area contributed by atoms with Gasteiger partial charge in [0.2, 0.25) is 0 Å². The van der Waals surface area contributed by atoms with Crippen molar-refractivity contribution in [2.45, 2.75) is 32.2 Å². The summed E-state index contributed by atoms with van der Waals surface area (Å²) >= 11 is 0. The molecule has 0 aliphatic carbocycles. The van der Waals surface area contributed by atoms with Crippen LogP contribution in [0, 0.1) is 5.92 Å². The summed E-state index contributed by atoms with van der Waals surface area (Å²) in [5, 5.41) is 3.33. The summed E-state index contributed by atoms with van der Waals surface area (Å²) in [5.74, 6) is 0.836. The fourth-order valence-electron chi connectivity index (χ4n) is 2.91. The summed E-state index contributed by atoms with van der Waals surface area (Å²) < 4.78 is 2.08. The molecule has 5 nitrogen and oxygen atoms in total. The number of carbonyl (C=O) groups is 1. The van der Waals surface area contributed by atoms with Crippen molar-refractivity contribution in [3.05, 3.63) is 18.2 Å². The van der Waals surface area contributed by atoms with Crippen LogP contribution in [0.2, 0.25) is 0 Å². The van der Waals surface area contributed by atoms with Crippen molar-refractivity contribution in [1.82, 2.24) is 19.8 Å². The van der Waals surface area contributed by atoms with Gasteiger partial charge in [-0.3, -0.25) is 4.79 Å². The number of amides is 1. The molecule has 2 aliphatic heterocycles. The van der Waals surface area contributed by atoms with Crippen LogP contribution in [0.15, 0.2) is 12.5 Å². The number of likely N-dealkylation sites (tertiary alicyclic amines) is 1. The van der Waals surface area contributed by atoms with E-state index >= 15 is 0 Å². The van der Waals surface area contributed by atoms with Crippen LogP contribution in [-0.2, 0) is 0 Å². The third kappa shape index (κ3) is 2.66. The summed E-state index contributed by atoms with van der Waals surface area (Å²) in [6.45, 7) is 6.03. The van der Waals surface area contributed by atoms with Crippen LogP contribution in [0.3, 0.4) is 0 Å². The molecule has 0 spiro atoms. The Kier molecular flexibility index (Phi) is 3.55. The lowest BCUT2D eigenvalue weighted by molar-refractivity contribution is 0.0691. The quantitative estimate of drug-likeness (QED) is 0.873. The maximum atomic E-state index is 12.4. The van der Waals surface area contributed by atoms with E-state index in [1.54, 1.807) is 6.33 Å². The Hall–Kier alpha value is -1.36. The third-order valence-electron chi connectivity index (χ3n) is 4.35. The molecular weight excluding hydrogens is 240 g/mol. The maximum Gasteiger partial charge on any atom is 0.274 e. The minimum atomic E-state index is 0.0941. The molecule has 104 valence electrons. The van der Waals surface area contributed by atoms with Crippen molar-refractivity contribution in [1.29, 1.82) is 0 Å². The molecular formula is C14H22N4O. The molecule has 1 atom stereocenters. The molecule has 19 heavy (non-hydrogen) atoms. The van der Waals surface area contributed by atoms with E-state index in [9.17, 15) is 4.79 Å². The van der Waals surface area contributed by atoms with Gasteiger partial charge in [-0.1, -0.05) is 6.92 Å². The number of imidazole rings is 1. The standard InChI is InChI=1S/C14H22N4O/c1-11-3-6-17(7-4-11)14(19)13-9-18(10-16-13)12-2-5-15-8-12/h9-12,15H,2-8H2,1H3. The molecule has 1 unspecified atom stereocenters. The molecule has 5 heteroatoms. The predicted molar refractivity (Wildman–Crippen MR) is 73.1 cm³/mol. The van der Waals surface area contributed by atoms with Gasteiger partial charge in [-0.25, -0.2) is 4.98 Å². The van der Waals surface area contributed by atoms with Gasteiger partial charge in [0, 0.05) is 31.9 Å². The average molecular weight is 262 g/mol. The molecule has 3 rings (SSSR count). The number of hydrogen-bond donors (Lipinski definition) is 1. The van der Waals surface area contributed by atoms with Gasteiger partial charge in [0.05, 0.1) is 6.33 Å². The molecule has 1 aromatic rings. The Balaban J connectivity index is 1.66. The van der Waals surface area contributed by atoms with Crippen LogP contribution in [0.1, 0.15) is 42.7 Å². The zero-order chi connectivity index (χ0) is 13.2. The summed E-state index contributed by atoms with van der Waals surface area (Å²) in [6, 6.07) is 0.454. The fraction of sp³-hybridized carbons (Fsp3) is 0.714. The Labute approximate surface area is 114 Å². The Morgan fingerprint density at radius 3 is 2.84 bits per heavy atom. The molecule has 3 heterocycles. The molecule has 0 aromatic carbocycles. The van der Waals surface area contributed by atoms with Crippen molar-refractivity contribution >= 4 is 5.91 Å². The lowest BCUT2D eigenvalue weighted by Gasteiger charge is -2.29. The first-order valence-corrected chi connectivity index (χ1v) is 7.27. The maximum absolute atomic E-state index is 12.4. The van der Waals surface area contributed by atoms with E-state index in [1.807, 2.05) is 11.1 Å². The van der Waals surface area contributed by atoms with Gasteiger partial charge in [-0.2, -0.15) is 0 Å². The topological polar surface area (TPSA) is 50.2 Å². The fourth-order valence-corrected chi connectivity index (χ4v) is 2.91. The van der Waals surface area contributed by atoms with Crippen molar-refractivity contribution in [3.63, 3.8) is 0 Å². The number of nitrogens with zero attached hydrogens (tertiary/aromatic N) is 3. The van der Waals surface area contributed by atoms with Gasteiger partial charge < -0.3 is 14.8 Å². The van der Waals surface area contributed by atoms with Gasteiger partial charge in [0.1, 0.15) is 5.69 Å². The van der Waals surface area contributed by atoms with E-state index < -0.39 is 0 Å². The SMILES string of the molecule is CC1CCN(C(=O)c2cn(C3CCNC3)cn2)CC1. The number of hydrogen-bond acceptors (Lipinski definition) is 3. The molecule has 1 amide bonds. The minimum absolute atomic E-state index is 0.0941. The smallest absolute Gasteiger partial charge is 0.274 e. The number of nitrogens with one attached hydrogen (secondary N) is 1. The van der Waals surface area contributed by atoms with E-state index in [4.69, 9.17) is 0 Å². The molecule has 0 bridgehead atoms. The highest BCUT2D eigenvalue weighted by Gasteiger charge is 2.24. The zero-order valence-corrected chi connectivity index (χ0v) is 11.5. The van der Waals surface area contributed by atoms with Crippen LogP contribution in [-0.4, -0.2) is 46.5 Å². The molecule has 2 aliphatic rings. The number of piperidine rings is 1. The van der Waals surface area contributed by atoms with Crippen LogP contribution in [0.25, 0.3) is 0 Å². The number of carbonyl (C=O) groups excluding carboxylic acids is 1. The number of aromatic nitrogens is 2. The molecule has 0 radical (unpaired) electrons. The minimum Gasteiger partial charge on any atom is -0.337 e. The third-order valence-corrected chi connectivity index (χ3v) is 4.35. The van der Waals surface area contributed by atoms with Crippen molar-refractivity contribution in [2.24, 2.45) is 5.92 Å². The lowest BCUT2D eigenvalue weighted by Crippen LogP contribution is -2.38. The molecule has 2 saturated heterocycles.